The van der Waals surface area contributed by atoms with Gasteiger partial charge in [0.1, 0.15) is 11.5 Å². The Morgan fingerprint density at radius 3 is 2.48 bits per heavy atom. The van der Waals surface area contributed by atoms with Crippen LogP contribution < -0.4 is 5.32 Å². The molecule has 1 atom stereocenters. The van der Waals surface area contributed by atoms with Gasteiger partial charge in [0.25, 0.3) is 5.91 Å². The number of phenols is 2. The van der Waals surface area contributed by atoms with Crippen molar-refractivity contribution >= 4 is 5.91 Å². The van der Waals surface area contributed by atoms with Crippen LogP contribution in [0.25, 0.3) is 0 Å². The number of amides is 1. The van der Waals surface area contributed by atoms with E-state index >= 15 is 0 Å². The van der Waals surface area contributed by atoms with Gasteiger partial charge >= 0.3 is 0 Å². The summed E-state index contributed by atoms with van der Waals surface area (Å²) in [4.78, 5) is 12.8. The Hall–Kier alpha value is -1.97. The number of phenolic OH excluding ortho intramolecular Hbond substituents is 2. The number of aromatic hydroxyl groups is 2. The molecule has 25 heavy (non-hydrogen) atoms. The zero-order valence-electron chi connectivity index (χ0n) is 15.3. The SMILES string of the molecule is CC1=CC(c2c(O)cc(C)c(C(=O)NC3CCCCC3)c2O)CCC1. The number of carbonyl (C=O) groups is 1. The van der Waals surface area contributed by atoms with Crippen LogP contribution in [0.5, 0.6) is 11.5 Å². The first kappa shape index (κ1) is 17.8. The molecule has 1 aromatic rings. The van der Waals surface area contributed by atoms with Crippen molar-refractivity contribution in [2.24, 2.45) is 0 Å². The van der Waals surface area contributed by atoms with Crippen molar-refractivity contribution in [3.63, 3.8) is 0 Å². The molecule has 1 amide bonds. The third kappa shape index (κ3) is 3.83. The van der Waals surface area contributed by atoms with Gasteiger partial charge in [0, 0.05) is 17.5 Å². The fraction of sp³-hybridized carbons (Fsp3) is 0.571. The Morgan fingerprint density at radius 1 is 1.08 bits per heavy atom. The van der Waals surface area contributed by atoms with Crippen molar-refractivity contribution in [1.82, 2.24) is 5.32 Å². The highest BCUT2D eigenvalue weighted by molar-refractivity contribution is 5.99. The maximum atomic E-state index is 12.8. The van der Waals surface area contributed by atoms with E-state index in [9.17, 15) is 15.0 Å². The minimum atomic E-state index is -0.223. The van der Waals surface area contributed by atoms with Crippen LogP contribution in [0.15, 0.2) is 17.7 Å². The fourth-order valence-corrected chi connectivity index (χ4v) is 4.29. The van der Waals surface area contributed by atoms with Crippen molar-refractivity contribution in [3.05, 3.63) is 34.4 Å². The third-order valence-electron chi connectivity index (χ3n) is 5.63. The van der Waals surface area contributed by atoms with Crippen LogP contribution in [0.2, 0.25) is 0 Å². The molecule has 3 rings (SSSR count). The lowest BCUT2D eigenvalue weighted by molar-refractivity contribution is 0.0924. The summed E-state index contributed by atoms with van der Waals surface area (Å²) in [6.07, 6.45) is 10.6. The van der Waals surface area contributed by atoms with Crippen molar-refractivity contribution in [1.29, 1.82) is 0 Å². The average Bonchev–Trinajstić information content (AvgIpc) is 2.55. The molecule has 3 N–H and O–H groups in total. The van der Waals surface area contributed by atoms with E-state index in [-0.39, 0.29) is 29.4 Å². The second-order valence-corrected chi connectivity index (χ2v) is 7.67. The molecule has 1 aromatic carbocycles. The van der Waals surface area contributed by atoms with Crippen LogP contribution in [0, 0.1) is 6.92 Å². The molecule has 0 aliphatic heterocycles. The van der Waals surface area contributed by atoms with Crippen molar-refractivity contribution in [2.45, 2.75) is 77.2 Å². The summed E-state index contributed by atoms with van der Waals surface area (Å²) in [5.74, 6) is -0.225. The van der Waals surface area contributed by atoms with Gasteiger partial charge in [-0.1, -0.05) is 30.9 Å². The van der Waals surface area contributed by atoms with Crippen LogP contribution in [0.1, 0.15) is 85.7 Å². The van der Waals surface area contributed by atoms with Gasteiger partial charge < -0.3 is 15.5 Å². The Kier molecular flexibility index (Phi) is 5.36. The Bertz CT molecular complexity index is 687. The molecule has 0 saturated heterocycles. The molecule has 2 aliphatic rings. The normalized spacial score (nSPS) is 21.7. The first-order valence-corrected chi connectivity index (χ1v) is 9.51. The minimum absolute atomic E-state index is 0.0319. The van der Waals surface area contributed by atoms with E-state index in [4.69, 9.17) is 0 Å². The van der Waals surface area contributed by atoms with Gasteiger partial charge in [-0.3, -0.25) is 4.79 Å². The molecule has 2 aliphatic carbocycles. The number of aryl methyl sites for hydroxylation is 1. The van der Waals surface area contributed by atoms with E-state index in [1.54, 1.807) is 13.0 Å². The monoisotopic (exact) mass is 343 g/mol. The number of nitrogens with one attached hydrogen (secondary N) is 1. The van der Waals surface area contributed by atoms with Crippen LogP contribution in [-0.2, 0) is 0 Å². The summed E-state index contributed by atoms with van der Waals surface area (Å²) in [5, 5.41) is 24.3. The Labute approximate surface area is 150 Å². The van der Waals surface area contributed by atoms with Gasteiger partial charge in [-0.2, -0.15) is 0 Å². The van der Waals surface area contributed by atoms with E-state index in [2.05, 4.69) is 18.3 Å². The van der Waals surface area contributed by atoms with Crippen LogP contribution in [0.4, 0.5) is 0 Å². The minimum Gasteiger partial charge on any atom is -0.507 e. The maximum Gasteiger partial charge on any atom is 0.255 e. The number of carbonyl (C=O) groups excluding carboxylic acids is 1. The summed E-state index contributed by atoms with van der Waals surface area (Å²) in [6.45, 7) is 3.84. The molecule has 4 nitrogen and oxygen atoms in total. The summed E-state index contributed by atoms with van der Waals surface area (Å²) in [5.41, 5.74) is 2.70. The molecule has 0 radical (unpaired) electrons. The predicted molar refractivity (Wildman–Crippen MR) is 99.2 cm³/mol. The molecular formula is C21H29NO3. The van der Waals surface area contributed by atoms with Gasteiger partial charge in [-0.15, -0.1) is 0 Å². The second kappa shape index (κ2) is 7.51. The summed E-state index contributed by atoms with van der Waals surface area (Å²) >= 11 is 0. The summed E-state index contributed by atoms with van der Waals surface area (Å²) < 4.78 is 0. The number of allylic oxidation sites excluding steroid dienone is 2. The smallest absolute Gasteiger partial charge is 0.255 e. The lowest BCUT2D eigenvalue weighted by atomic mass is 9.83. The van der Waals surface area contributed by atoms with E-state index in [1.807, 2.05) is 0 Å². The molecule has 1 unspecified atom stereocenters. The first-order chi connectivity index (χ1) is 12.0. The van der Waals surface area contributed by atoms with Gasteiger partial charge in [0.15, 0.2) is 0 Å². The van der Waals surface area contributed by atoms with Crippen LogP contribution >= 0.6 is 0 Å². The average molecular weight is 343 g/mol. The maximum absolute atomic E-state index is 12.8. The second-order valence-electron chi connectivity index (χ2n) is 7.67. The van der Waals surface area contributed by atoms with Gasteiger partial charge in [-0.25, -0.2) is 0 Å². The van der Waals surface area contributed by atoms with Crippen LogP contribution in [-0.4, -0.2) is 22.2 Å². The number of hydrogen-bond acceptors (Lipinski definition) is 3. The van der Waals surface area contributed by atoms with Crippen molar-refractivity contribution < 1.29 is 15.0 Å². The summed E-state index contributed by atoms with van der Waals surface area (Å²) in [7, 11) is 0. The lowest BCUT2D eigenvalue weighted by Gasteiger charge is -2.25. The topological polar surface area (TPSA) is 69.6 Å². The summed E-state index contributed by atoms with van der Waals surface area (Å²) in [6, 6.07) is 1.80. The highest BCUT2D eigenvalue weighted by Gasteiger charge is 2.27. The van der Waals surface area contributed by atoms with Crippen molar-refractivity contribution in [3.8, 4) is 11.5 Å². The van der Waals surface area contributed by atoms with E-state index in [0.29, 0.717) is 16.7 Å². The van der Waals surface area contributed by atoms with Gasteiger partial charge in [0.05, 0.1) is 5.56 Å². The zero-order chi connectivity index (χ0) is 18.0. The first-order valence-electron chi connectivity index (χ1n) is 9.51. The van der Waals surface area contributed by atoms with E-state index in [1.165, 1.54) is 12.0 Å². The Balaban J connectivity index is 1.92. The number of benzene rings is 1. The molecule has 4 heteroatoms. The third-order valence-corrected chi connectivity index (χ3v) is 5.63. The zero-order valence-corrected chi connectivity index (χ0v) is 15.3. The molecule has 0 aromatic heterocycles. The molecule has 0 spiro atoms. The highest BCUT2D eigenvalue weighted by atomic mass is 16.3. The highest BCUT2D eigenvalue weighted by Crippen LogP contribution is 2.43. The van der Waals surface area contributed by atoms with Crippen molar-refractivity contribution in [2.75, 3.05) is 0 Å². The van der Waals surface area contributed by atoms with Gasteiger partial charge in [-0.05, 0) is 57.6 Å². The number of hydrogen-bond donors (Lipinski definition) is 3. The quantitative estimate of drug-likeness (QED) is 0.698. The van der Waals surface area contributed by atoms with Gasteiger partial charge in [0.2, 0.25) is 0 Å². The standard InChI is InChI=1S/C21H29NO3/c1-13-7-6-8-15(11-13)19-17(23)12-14(2)18(20(19)24)21(25)22-16-9-4-3-5-10-16/h11-12,15-16,23-24H,3-10H2,1-2H3,(H,22,25). The molecule has 1 saturated carbocycles. The molecular weight excluding hydrogens is 314 g/mol. The molecule has 1 fully saturated rings. The molecule has 0 heterocycles. The molecule has 0 bridgehead atoms. The largest absolute Gasteiger partial charge is 0.507 e. The predicted octanol–water partition coefficient (Wildman–Crippen LogP) is 4.68. The van der Waals surface area contributed by atoms with E-state index in [0.717, 1.165) is 44.9 Å². The van der Waals surface area contributed by atoms with Crippen LogP contribution in [0.3, 0.4) is 0 Å². The lowest BCUT2D eigenvalue weighted by Crippen LogP contribution is -2.36. The fourth-order valence-electron chi connectivity index (χ4n) is 4.29. The number of rotatable bonds is 3. The van der Waals surface area contributed by atoms with E-state index < -0.39 is 0 Å². The molecule has 136 valence electrons. The Morgan fingerprint density at radius 2 is 1.80 bits per heavy atom.